The van der Waals surface area contributed by atoms with E-state index in [0.717, 1.165) is 92.9 Å². The molecule has 2 atom stereocenters. The highest BCUT2D eigenvalue weighted by Gasteiger charge is 2.29. The molecule has 1 saturated heterocycles. The fourth-order valence-corrected chi connectivity index (χ4v) is 5.51. The van der Waals surface area contributed by atoms with Gasteiger partial charge in [-0.25, -0.2) is 9.78 Å². The van der Waals surface area contributed by atoms with Crippen LogP contribution in [-0.2, 0) is 14.3 Å². The number of morpholine rings is 1. The van der Waals surface area contributed by atoms with E-state index in [0.29, 0.717) is 19.6 Å². The number of hydrogen-bond donors (Lipinski definition) is 0. The quantitative estimate of drug-likeness (QED) is 0.474. The topological polar surface area (TPSA) is 96.8 Å². The number of aldehydes is 1. The van der Waals surface area contributed by atoms with Crippen molar-refractivity contribution in [3.63, 3.8) is 0 Å². The summed E-state index contributed by atoms with van der Waals surface area (Å²) in [7, 11) is 3.67. The van der Waals surface area contributed by atoms with Crippen LogP contribution < -0.4 is 9.64 Å². The van der Waals surface area contributed by atoms with Gasteiger partial charge in [-0.1, -0.05) is 0 Å². The Morgan fingerprint density at radius 3 is 2.71 bits per heavy atom. The van der Waals surface area contributed by atoms with Crippen LogP contribution in [-0.4, -0.2) is 92.6 Å². The number of hydrogen-bond acceptors (Lipinski definition) is 9. The summed E-state index contributed by atoms with van der Waals surface area (Å²) >= 11 is 0. The molecule has 1 amide bonds. The Morgan fingerprint density at radius 1 is 1.18 bits per heavy atom. The fourth-order valence-electron chi connectivity index (χ4n) is 5.51. The number of aromatic nitrogens is 1. The second kappa shape index (κ2) is 12.1. The average Bonchev–Trinajstić information content (AvgIpc) is 2.92. The highest BCUT2D eigenvalue weighted by molar-refractivity contribution is 5.82. The van der Waals surface area contributed by atoms with Gasteiger partial charge in [-0.15, -0.1) is 0 Å². The third-order valence-electron chi connectivity index (χ3n) is 8.14. The number of carbonyl (C=O) groups excluding carboxylic acids is 2. The van der Waals surface area contributed by atoms with Gasteiger partial charge < -0.3 is 28.8 Å². The fraction of sp³-hybridized carbons (Fsp3) is 0.643. The molecule has 4 aliphatic rings. The normalized spacial score (nSPS) is 24.2. The third-order valence-corrected chi connectivity index (χ3v) is 8.14. The predicted octanol–water partition coefficient (Wildman–Crippen LogP) is 3.71. The first-order valence-corrected chi connectivity index (χ1v) is 13.9. The Balaban J connectivity index is 1.39. The molecule has 0 spiro atoms. The maximum absolute atomic E-state index is 12.7. The maximum atomic E-state index is 12.7. The summed E-state index contributed by atoms with van der Waals surface area (Å²) in [6.45, 7) is 2.85. The van der Waals surface area contributed by atoms with Crippen LogP contribution >= 0.6 is 0 Å². The van der Waals surface area contributed by atoms with Crippen LogP contribution in [0, 0.1) is 5.92 Å². The molecule has 1 aromatic heterocycles. The van der Waals surface area contributed by atoms with Crippen LogP contribution in [0.4, 0.5) is 10.6 Å². The number of likely N-dealkylation sites (N-methyl/N-ethyl adjacent to an activating group) is 1. The number of carbonyl (C=O) groups is 2. The van der Waals surface area contributed by atoms with Crippen molar-refractivity contribution in [1.29, 1.82) is 0 Å². The molecule has 10 heteroatoms. The van der Waals surface area contributed by atoms with E-state index in [1.165, 1.54) is 0 Å². The number of hydrazone groups is 1. The van der Waals surface area contributed by atoms with Crippen molar-refractivity contribution in [3.8, 4) is 5.75 Å². The van der Waals surface area contributed by atoms with E-state index in [9.17, 15) is 9.59 Å². The number of rotatable bonds is 8. The van der Waals surface area contributed by atoms with Crippen molar-refractivity contribution in [2.45, 2.75) is 63.5 Å². The summed E-state index contributed by atoms with van der Waals surface area (Å²) in [5.74, 6) is 1.59. The molecule has 3 fully saturated rings. The van der Waals surface area contributed by atoms with Gasteiger partial charge in [0.15, 0.2) is 11.6 Å². The van der Waals surface area contributed by atoms with Crippen molar-refractivity contribution in [1.82, 2.24) is 14.9 Å². The van der Waals surface area contributed by atoms with Gasteiger partial charge in [0.1, 0.15) is 12.9 Å². The molecule has 5 rings (SSSR count). The number of allylic oxidation sites excluding steroid dienone is 1. The van der Waals surface area contributed by atoms with Crippen molar-refractivity contribution in [2.75, 3.05) is 51.9 Å². The summed E-state index contributed by atoms with van der Waals surface area (Å²) in [6.07, 6.45) is 10.0. The first-order chi connectivity index (χ1) is 18.5. The minimum absolute atomic E-state index is 0.00110. The number of pyridine rings is 1. The monoisotopic (exact) mass is 525 g/mol. The Labute approximate surface area is 224 Å². The summed E-state index contributed by atoms with van der Waals surface area (Å²) in [6, 6.07) is 4.24. The summed E-state index contributed by atoms with van der Waals surface area (Å²) < 4.78 is 17.8. The van der Waals surface area contributed by atoms with Crippen LogP contribution in [0.15, 0.2) is 22.9 Å². The lowest BCUT2D eigenvalue weighted by molar-refractivity contribution is -0.112. The minimum atomic E-state index is -0.309. The van der Waals surface area contributed by atoms with E-state index >= 15 is 0 Å². The van der Waals surface area contributed by atoms with E-state index in [4.69, 9.17) is 19.2 Å². The van der Waals surface area contributed by atoms with Gasteiger partial charge in [0.25, 0.3) is 0 Å². The van der Waals surface area contributed by atoms with Crippen LogP contribution in [0.2, 0.25) is 0 Å². The lowest BCUT2D eigenvalue weighted by atomic mass is 9.88. The van der Waals surface area contributed by atoms with Crippen LogP contribution in [0.25, 0.3) is 5.57 Å². The molecule has 0 radical (unpaired) electrons. The van der Waals surface area contributed by atoms with Crippen LogP contribution in [0.1, 0.15) is 57.1 Å². The zero-order chi connectivity index (χ0) is 26.5. The Kier molecular flexibility index (Phi) is 8.46. The number of anilines is 1. The molecule has 10 nitrogen and oxygen atoms in total. The number of nitrogens with zero attached hydrogens (tertiary/aromatic N) is 5. The minimum Gasteiger partial charge on any atom is -0.487 e. The first kappa shape index (κ1) is 26.5. The van der Waals surface area contributed by atoms with Gasteiger partial charge in [-0.2, -0.15) is 5.10 Å². The highest BCUT2D eigenvalue weighted by Crippen LogP contribution is 2.35. The molecule has 3 heterocycles. The molecule has 1 unspecified atom stereocenters. The molecule has 206 valence electrons. The lowest BCUT2D eigenvalue weighted by Gasteiger charge is -2.34. The maximum Gasteiger partial charge on any atom is 0.410 e. The molecule has 38 heavy (non-hydrogen) atoms. The van der Waals surface area contributed by atoms with Crippen LogP contribution in [0.5, 0.6) is 5.75 Å². The molecular weight excluding hydrogens is 486 g/mol. The lowest BCUT2D eigenvalue weighted by Crippen LogP contribution is -2.42. The number of amides is 1. The van der Waals surface area contributed by atoms with E-state index < -0.39 is 0 Å². The third kappa shape index (κ3) is 5.95. The Morgan fingerprint density at radius 2 is 1.97 bits per heavy atom. The van der Waals surface area contributed by atoms with Crippen molar-refractivity contribution >= 4 is 30.0 Å². The Bertz CT molecular complexity index is 1070. The van der Waals surface area contributed by atoms with E-state index in [2.05, 4.69) is 10.0 Å². The highest BCUT2D eigenvalue weighted by atomic mass is 16.6. The van der Waals surface area contributed by atoms with Gasteiger partial charge >= 0.3 is 6.09 Å². The molecule has 2 saturated carbocycles. The van der Waals surface area contributed by atoms with Crippen molar-refractivity contribution in [2.24, 2.45) is 11.0 Å². The van der Waals surface area contributed by atoms with Gasteiger partial charge in [0.2, 0.25) is 0 Å². The second-order valence-electron chi connectivity index (χ2n) is 10.6. The zero-order valence-electron chi connectivity index (χ0n) is 22.5. The molecule has 0 aromatic carbocycles. The summed E-state index contributed by atoms with van der Waals surface area (Å²) in [5, 5.41) is 6.19. The molecule has 1 aromatic rings. The van der Waals surface area contributed by atoms with E-state index in [-0.39, 0.29) is 30.8 Å². The Hall–Kier alpha value is -3.14. The number of ether oxygens (including phenoxy) is 3. The molecule has 2 aliphatic carbocycles. The predicted molar refractivity (Wildman–Crippen MR) is 144 cm³/mol. The van der Waals surface area contributed by atoms with Gasteiger partial charge in [0.05, 0.1) is 30.7 Å². The molecule has 2 aliphatic heterocycles. The van der Waals surface area contributed by atoms with E-state index in [1.54, 1.807) is 9.91 Å². The second-order valence-corrected chi connectivity index (χ2v) is 10.6. The SMILES string of the molecule is CN1N=CCC(c2ccc(O[C@H]3CCCC(C=O)C3)c(N3CCOCC3)n2)=C1COC(=O)N(C)C1CCC1. The average molecular weight is 526 g/mol. The van der Waals surface area contributed by atoms with Gasteiger partial charge in [0, 0.05) is 57.4 Å². The molecule has 0 N–H and O–H groups in total. The van der Waals surface area contributed by atoms with Gasteiger partial charge in [-0.05, 0) is 57.1 Å². The van der Waals surface area contributed by atoms with Gasteiger partial charge in [-0.3, -0.25) is 5.01 Å². The van der Waals surface area contributed by atoms with E-state index in [1.807, 2.05) is 32.4 Å². The zero-order valence-corrected chi connectivity index (χ0v) is 22.5. The largest absolute Gasteiger partial charge is 0.487 e. The van der Waals surface area contributed by atoms with Crippen molar-refractivity contribution < 1.29 is 23.8 Å². The summed E-state index contributed by atoms with van der Waals surface area (Å²) in [5.41, 5.74) is 2.60. The first-order valence-electron chi connectivity index (χ1n) is 13.9. The van der Waals surface area contributed by atoms with Crippen molar-refractivity contribution in [3.05, 3.63) is 23.5 Å². The smallest absolute Gasteiger partial charge is 0.410 e. The van der Waals surface area contributed by atoms with Crippen LogP contribution in [0.3, 0.4) is 0 Å². The molecular formula is C28H39N5O5. The standard InChI is InChI=1S/C28H39N5O5/c1-31(21-6-4-7-21)28(35)37-19-25-23(11-12-29-32(25)2)24-9-10-26(27(30-24)33-13-15-36-16-14-33)38-22-8-3-5-20(17-22)18-34/h9-10,12,18,20-22H,3-8,11,13-17,19H2,1-2H3/t20?,22-/m0/s1. The summed E-state index contributed by atoms with van der Waals surface area (Å²) in [4.78, 5) is 33.1. The molecule has 0 bridgehead atoms.